The molecule has 1 heterocycles. The molecule has 0 aliphatic carbocycles. The third-order valence-electron chi connectivity index (χ3n) is 5.04. The Kier molecular flexibility index (Phi) is 7.45. The summed E-state index contributed by atoms with van der Waals surface area (Å²) in [7, 11) is -2.23. The van der Waals surface area contributed by atoms with E-state index in [1.165, 1.54) is 35.7 Å². The van der Waals surface area contributed by atoms with Crippen LogP contribution in [0.1, 0.15) is 18.4 Å². The quantitative estimate of drug-likeness (QED) is 0.663. The van der Waals surface area contributed by atoms with Gasteiger partial charge in [-0.25, -0.2) is 8.42 Å². The molecule has 1 unspecified atom stereocenters. The van der Waals surface area contributed by atoms with Gasteiger partial charge in [-0.2, -0.15) is 13.1 Å². The van der Waals surface area contributed by atoms with Crippen molar-refractivity contribution >= 4 is 15.9 Å². The van der Waals surface area contributed by atoms with Gasteiger partial charge < -0.3 is 14.8 Å². The number of nitrogens with zero attached hydrogens (tertiary/aromatic N) is 1. The fraction of sp³-hybridized carbons (Fsp3) is 0.381. The van der Waals surface area contributed by atoms with Crippen molar-refractivity contribution in [2.75, 3.05) is 20.2 Å². The zero-order valence-electron chi connectivity index (χ0n) is 17.0. The molecule has 1 aliphatic rings. The first kappa shape index (κ1) is 23.0. The third-order valence-corrected chi connectivity index (χ3v) is 6.92. The molecule has 0 spiro atoms. The second-order valence-electron chi connectivity index (χ2n) is 7.12. The lowest BCUT2D eigenvalue weighted by molar-refractivity contribution is -0.126. The van der Waals surface area contributed by atoms with Gasteiger partial charge in [-0.1, -0.05) is 12.1 Å². The highest BCUT2D eigenvalue weighted by molar-refractivity contribution is 7.89. The highest BCUT2D eigenvalue weighted by Crippen LogP contribution is 2.25. The number of carbonyl (C=O) groups excluding carboxylic acids is 1. The van der Waals surface area contributed by atoms with Gasteiger partial charge in [0.1, 0.15) is 11.5 Å². The zero-order valence-corrected chi connectivity index (χ0v) is 17.8. The van der Waals surface area contributed by atoms with Crippen molar-refractivity contribution in [2.45, 2.75) is 30.9 Å². The summed E-state index contributed by atoms with van der Waals surface area (Å²) in [5.41, 5.74) is 0.602. The van der Waals surface area contributed by atoms with Crippen LogP contribution in [0.4, 0.5) is 8.78 Å². The second kappa shape index (κ2) is 10.1. The van der Waals surface area contributed by atoms with Crippen LogP contribution in [0.3, 0.4) is 0 Å². The summed E-state index contributed by atoms with van der Waals surface area (Å²) in [6.45, 7) is -2.38. The number of sulfonamides is 1. The largest absolute Gasteiger partial charge is 0.497 e. The van der Waals surface area contributed by atoms with Gasteiger partial charge in [-0.3, -0.25) is 4.79 Å². The second-order valence-corrected chi connectivity index (χ2v) is 9.06. The van der Waals surface area contributed by atoms with E-state index in [2.05, 4.69) is 10.1 Å². The number of hydrogen-bond acceptors (Lipinski definition) is 5. The molecule has 3 rings (SSSR count). The summed E-state index contributed by atoms with van der Waals surface area (Å²) in [4.78, 5) is 12.8. The van der Waals surface area contributed by atoms with Gasteiger partial charge in [0.05, 0.1) is 17.9 Å². The number of amides is 1. The Labute approximate surface area is 180 Å². The van der Waals surface area contributed by atoms with Crippen molar-refractivity contribution in [3.8, 4) is 11.5 Å². The molecule has 0 radical (unpaired) electrons. The van der Waals surface area contributed by atoms with Gasteiger partial charge in [-0.05, 0) is 54.8 Å². The predicted octanol–water partition coefficient (Wildman–Crippen LogP) is 3.01. The van der Waals surface area contributed by atoms with E-state index >= 15 is 0 Å². The third kappa shape index (κ3) is 5.92. The molecule has 1 N–H and O–H groups in total. The minimum atomic E-state index is -3.73. The number of rotatable bonds is 8. The SMILES string of the molecule is COc1ccc(S(=O)(=O)N2CCCC(C(=O)NCc3cccc(OC(F)F)c3)C2)cc1. The molecule has 7 nitrogen and oxygen atoms in total. The van der Waals surface area contributed by atoms with E-state index in [9.17, 15) is 22.0 Å². The lowest BCUT2D eigenvalue weighted by Gasteiger charge is -2.31. The van der Waals surface area contributed by atoms with E-state index in [4.69, 9.17) is 4.74 Å². The fourth-order valence-electron chi connectivity index (χ4n) is 3.44. The number of benzene rings is 2. The average Bonchev–Trinajstić information content (AvgIpc) is 2.77. The number of carbonyl (C=O) groups is 1. The Bertz CT molecular complexity index is 999. The summed E-state index contributed by atoms with van der Waals surface area (Å²) in [6.07, 6.45) is 1.13. The van der Waals surface area contributed by atoms with Crippen LogP contribution >= 0.6 is 0 Å². The maximum atomic E-state index is 12.9. The first-order chi connectivity index (χ1) is 14.8. The van der Waals surface area contributed by atoms with Gasteiger partial charge in [0.25, 0.3) is 0 Å². The molecular formula is C21H24F2N2O5S. The highest BCUT2D eigenvalue weighted by atomic mass is 32.2. The van der Waals surface area contributed by atoms with E-state index in [0.29, 0.717) is 30.7 Å². The van der Waals surface area contributed by atoms with Crippen LogP contribution < -0.4 is 14.8 Å². The molecule has 1 amide bonds. The highest BCUT2D eigenvalue weighted by Gasteiger charge is 2.33. The van der Waals surface area contributed by atoms with Crippen molar-refractivity contribution < 1.29 is 31.5 Å². The monoisotopic (exact) mass is 454 g/mol. The smallest absolute Gasteiger partial charge is 0.387 e. The van der Waals surface area contributed by atoms with Gasteiger partial charge in [0, 0.05) is 19.6 Å². The lowest BCUT2D eigenvalue weighted by atomic mass is 9.99. The van der Waals surface area contributed by atoms with Gasteiger partial charge in [0.2, 0.25) is 15.9 Å². The molecule has 10 heteroatoms. The molecule has 0 bridgehead atoms. The molecule has 31 heavy (non-hydrogen) atoms. The number of methoxy groups -OCH3 is 1. The fourth-order valence-corrected chi connectivity index (χ4v) is 4.96. The molecule has 0 aromatic heterocycles. The maximum Gasteiger partial charge on any atom is 0.387 e. The topological polar surface area (TPSA) is 84.9 Å². The molecule has 168 valence electrons. The minimum absolute atomic E-state index is 0.0103. The summed E-state index contributed by atoms with van der Waals surface area (Å²) in [5.74, 6) is -0.217. The van der Waals surface area contributed by atoms with E-state index in [1.807, 2.05) is 0 Å². The van der Waals surface area contributed by atoms with Crippen molar-refractivity contribution in [3.63, 3.8) is 0 Å². The average molecular weight is 454 g/mol. The lowest BCUT2D eigenvalue weighted by Crippen LogP contribution is -2.45. The number of nitrogens with one attached hydrogen (secondary N) is 1. The van der Waals surface area contributed by atoms with Crippen LogP contribution in [0, 0.1) is 5.92 Å². The normalized spacial score (nSPS) is 17.4. The Morgan fingerprint density at radius 1 is 1.19 bits per heavy atom. The molecule has 1 fully saturated rings. The predicted molar refractivity (Wildman–Crippen MR) is 109 cm³/mol. The van der Waals surface area contributed by atoms with Crippen LogP contribution in [-0.4, -0.2) is 45.4 Å². The molecular weight excluding hydrogens is 430 g/mol. The maximum absolute atomic E-state index is 12.9. The summed E-state index contributed by atoms with van der Waals surface area (Å²) in [6, 6.07) is 12.2. The number of alkyl halides is 2. The van der Waals surface area contributed by atoms with Crippen molar-refractivity contribution in [3.05, 3.63) is 54.1 Å². The summed E-state index contributed by atoms with van der Waals surface area (Å²) >= 11 is 0. The van der Waals surface area contributed by atoms with Gasteiger partial charge >= 0.3 is 6.61 Å². The Balaban J connectivity index is 1.61. The first-order valence-electron chi connectivity index (χ1n) is 9.75. The Hall–Kier alpha value is -2.72. The van der Waals surface area contributed by atoms with Gasteiger partial charge in [0.15, 0.2) is 0 Å². The summed E-state index contributed by atoms with van der Waals surface area (Å²) < 4.78 is 61.3. The van der Waals surface area contributed by atoms with E-state index in [1.54, 1.807) is 24.3 Å². The van der Waals surface area contributed by atoms with Crippen LogP contribution in [0.2, 0.25) is 0 Å². The molecule has 2 aromatic rings. The van der Waals surface area contributed by atoms with E-state index in [-0.39, 0.29) is 29.6 Å². The molecule has 1 aliphatic heterocycles. The number of hydrogen-bond donors (Lipinski definition) is 1. The molecule has 1 atom stereocenters. The van der Waals surface area contributed by atoms with Crippen LogP contribution in [0.15, 0.2) is 53.4 Å². The molecule has 2 aromatic carbocycles. The van der Waals surface area contributed by atoms with Crippen LogP contribution in [0.25, 0.3) is 0 Å². The summed E-state index contributed by atoms with van der Waals surface area (Å²) in [5, 5.41) is 2.76. The minimum Gasteiger partial charge on any atom is -0.497 e. The van der Waals surface area contributed by atoms with Gasteiger partial charge in [-0.15, -0.1) is 0 Å². The van der Waals surface area contributed by atoms with Crippen molar-refractivity contribution in [2.24, 2.45) is 5.92 Å². The molecule has 0 saturated carbocycles. The number of piperidine rings is 1. The zero-order chi connectivity index (χ0) is 22.4. The standard InChI is InChI=1S/C21H24F2N2O5S/c1-29-17-7-9-19(10-8-17)31(27,28)25-11-3-5-16(14-25)20(26)24-13-15-4-2-6-18(12-15)30-21(22)23/h2,4,6-10,12,16,21H,3,5,11,13-14H2,1H3,(H,24,26). The van der Waals surface area contributed by atoms with Crippen LogP contribution in [-0.2, 0) is 21.4 Å². The van der Waals surface area contributed by atoms with Crippen LogP contribution in [0.5, 0.6) is 11.5 Å². The Morgan fingerprint density at radius 3 is 2.61 bits per heavy atom. The molecule has 1 saturated heterocycles. The first-order valence-corrected chi connectivity index (χ1v) is 11.2. The van der Waals surface area contributed by atoms with E-state index < -0.39 is 22.6 Å². The van der Waals surface area contributed by atoms with Crippen molar-refractivity contribution in [1.29, 1.82) is 0 Å². The van der Waals surface area contributed by atoms with Crippen molar-refractivity contribution in [1.82, 2.24) is 9.62 Å². The number of halogens is 2. The number of ether oxygens (including phenoxy) is 2. The van der Waals surface area contributed by atoms with E-state index in [0.717, 1.165) is 0 Å². The Morgan fingerprint density at radius 2 is 1.94 bits per heavy atom.